The number of allylic oxidation sites excluding steroid dienone is 2. The number of aliphatic imine (C=N–C) groups is 1. The molecule has 0 spiro atoms. The van der Waals surface area contributed by atoms with Gasteiger partial charge in [-0.2, -0.15) is 10.5 Å². The van der Waals surface area contributed by atoms with E-state index in [2.05, 4.69) is 10.3 Å². The summed E-state index contributed by atoms with van der Waals surface area (Å²) in [6, 6.07) is 3.39. The van der Waals surface area contributed by atoms with Crippen molar-refractivity contribution in [1.29, 1.82) is 10.5 Å². The van der Waals surface area contributed by atoms with Crippen molar-refractivity contribution in [2.75, 3.05) is 6.54 Å². The van der Waals surface area contributed by atoms with E-state index in [4.69, 9.17) is 16.3 Å². The molecule has 62 valence electrons. The number of hydrogen-bond acceptors (Lipinski definition) is 4. The van der Waals surface area contributed by atoms with Crippen LogP contribution in [-0.2, 0) is 0 Å². The number of hydrogen-bond donors (Lipinski definition) is 2. The molecule has 0 amide bonds. The van der Waals surface area contributed by atoms with E-state index in [1.54, 1.807) is 12.1 Å². The van der Waals surface area contributed by atoms with Crippen molar-refractivity contribution in [2.24, 2.45) is 10.7 Å². The predicted molar refractivity (Wildman–Crippen MR) is 44.6 cm³/mol. The van der Waals surface area contributed by atoms with E-state index in [1.807, 2.05) is 6.92 Å². The van der Waals surface area contributed by atoms with Crippen LogP contribution in [0.2, 0.25) is 0 Å². The maximum atomic E-state index is 8.46. The summed E-state index contributed by atoms with van der Waals surface area (Å²) in [5.74, 6) is 0. The molecule has 0 saturated carbocycles. The smallest absolute Gasteiger partial charge is 0.152 e. The highest BCUT2D eigenvalue weighted by Crippen LogP contribution is 1.88. The molecule has 0 heterocycles. The van der Waals surface area contributed by atoms with Gasteiger partial charge in [-0.05, 0) is 6.92 Å². The Morgan fingerprint density at radius 3 is 2.67 bits per heavy atom. The summed E-state index contributed by atoms with van der Waals surface area (Å²) < 4.78 is 0. The average molecular weight is 163 g/mol. The van der Waals surface area contributed by atoms with E-state index in [1.165, 1.54) is 6.34 Å². The Hall–Kier alpha value is -2.01. The zero-order chi connectivity index (χ0) is 9.40. The molecule has 0 aliphatic carbocycles. The van der Waals surface area contributed by atoms with E-state index < -0.39 is 0 Å². The van der Waals surface area contributed by atoms with Crippen LogP contribution in [0.15, 0.2) is 16.4 Å². The Morgan fingerprint density at radius 1 is 1.58 bits per heavy atom. The zero-order valence-electron chi connectivity index (χ0n) is 6.70. The lowest BCUT2D eigenvalue weighted by molar-refractivity contribution is 1.09. The van der Waals surface area contributed by atoms with Gasteiger partial charge in [0, 0.05) is 6.54 Å². The van der Waals surface area contributed by atoms with Crippen molar-refractivity contribution in [2.45, 2.75) is 6.92 Å². The van der Waals surface area contributed by atoms with Gasteiger partial charge in [0.05, 0.1) is 6.34 Å². The molecule has 0 aromatic heterocycles. The molecule has 0 radical (unpaired) electrons. The topological polar surface area (TPSA) is 98.0 Å². The molecule has 0 bridgehead atoms. The molecule has 5 nitrogen and oxygen atoms in total. The quantitative estimate of drug-likeness (QED) is 0.343. The molecule has 0 fully saturated rings. The number of nitrogens with two attached hydrogens (primary N) is 1. The molecule has 5 heteroatoms. The number of nitrogens with one attached hydrogen (secondary N) is 1. The maximum absolute atomic E-state index is 8.46. The van der Waals surface area contributed by atoms with E-state index in [9.17, 15) is 0 Å². The van der Waals surface area contributed by atoms with Crippen LogP contribution in [0.3, 0.4) is 0 Å². The Balaban J connectivity index is 4.34. The van der Waals surface area contributed by atoms with E-state index >= 15 is 0 Å². The average Bonchev–Trinajstić information content (AvgIpc) is 2.11. The van der Waals surface area contributed by atoms with Gasteiger partial charge in [0.2, 0.25) is 0 Å². The van der Waals surface area contributed by atoms with Crippen LogP contribution in [0, 0.1) is 22.7 Å². The molecule has 0 aliphatic heterocycles. The van der Waals surface area contributed by atoms with Crippen molar-refractivity contribution >= 4 is 6.34 Å². The lowest BCUT2D eigenvalue weighted by atomic mass is 10.4. The summed E-state index contributed by atoms with van der Waals surface area (Å²) in [6.07, 6.45) is 1.34. The van der Waals surface area contributed by atoms with Crippen LogP contribution in [0.5, 0.6) is 0 Å². The second-order valence-corrected chi connectivity index (χ2v) is 1.78. The Bertz CT molecular complexity index is 275. The molecule has 12 heavy (non-hydrogen) atoms. The van der Waals surface area contributed by atoms with E-state index in [0.29, 0.717) is 6.54 Å². The molecule has 0 saturated heterocycles. The minimum Gasteiger partial charge on any atom is -0.388 e. The molecule has 3 N–H and O–H groups in total. The Morgan fingerprint density at radius 2 is 2.25 bits per heavy atom. The van der Waals surface area contributed by atoms with Crippen LogP contribution in [0.1, 0.15) is 6.92 Å². The van der Waals surface area contributed by atoms with E-state index in [0.717, 1.165) is 0 Å². The van der Waals surface area contributed by atoms with Gasteiger partial charge in [0.1, 0.15) is 17.8 Å². The third kappa shape index (κ3) is 3.23. The fraction of sp³-hybridized carbons (Fsp3) is 0.286. The highest BCUT2D eigenvalue weighted by molar-refractivity contribution is 5.60. The summed E-state index contributed by atoms with van der Waals surface area (Å²) in [6.45, 7) is 2.46. The van der Waals surface area contributed by atoms with Crippen LogP contribution in [-0.4, -0.2) is 12.9 Å². The van der Waals surface area contributed by atoms with Gasteiger partial charge in [-0.15, -0.1) is 0 Å². The first-order chi connectivity index (χ1) is 5.76. The fourth-order valence-electron chi connectivity index (χ4n) is 0.428. The van der Waals surface area contributed by atoms with Crippen molar-refractivity contribution in [3.63, 3.8) is 0 Å². The van der Waals surface area contributed by atoms with Gasteiger partial charge < -0.3 is 11.1 Å². The normalized spacial score (nSPS) is 11.6. The predicted octanol–water partition coefficient (Wildman–Crippen LogP) is -0.158. The lowest BCUT2D eigenvalue weighted by Crippen LogP contribution is -2.15. The van der Waals surface area contributed by atoms with Crippen LogP contribution in [0.25, 0.3) is 0 Å². The van der Waals surface area contributed by atoms with Crippen molar-refractivity contribution in [3.8, 4) is 12.1 Å². The number of rotatable bonds is 3. The zero-order valence-corrected chi connectivity index (χ0v) is 6.70. The Labute approximate surface area is 70.8 Å². The first-order valence-electron chi connectivity index (χ1n) is 3.31. The monoisotopic (exact) mass is 163 g/mol. The summed E-state index contributed by atoms with van der Waals surface area (Å²) in [5, 5.41) is 19.3. The maximum Gasteiger partial charge on any atom is 0.152 e. The second-order valence-electron chi connectivity index (χ2n) is 1.78. The first kappa shape index (κ1) is 9.99. The van der Waals surface area contributed by atoms with Crippen molar-refractivity contribution < 1.29 is 0 Å². The number of nitrogens with zero attached hydrogens (tertiary/aromatic N) is 3. The van der Waals surface area contributed by atoms with Crippen LogP contribution in [0.4, 0.5) is 0 Å². The molecule has 0 aromatic carbocycles. The second kappa shape index (κ2) is 5.75. The number of nitriles is 2. The third-order valence-corrected chi connectivity index (χ3v) is 0.984. The standard InChI is InChI=1S/C7H9N5/c1-2-11-5-12-7(4-9)6(10)3-8/h5H,2,10H2,1H3,(H,11,12)/b7-6-. The lowest BCUT2D eigenvalue weighted by Gasteiger charge is -1.95. The van der Waals surface area contributed by atoms with Gasteiger partial charge in [-0.25, -0.2) is 0 Å². The summed E-state index contributed by atoms with van der Waals surface area (Å²) in [5.41, 5.74) is 5.07. The van der Waals surface area contributed by atoms with E-state index in [-0.39, 0.29) is 11.4 Å². The van der Waals surface area contributed by atoms with Crippen LogP contribution >= 0.6 is 0 Å². The largest absolute Gasteiger partial charge is 0.388 e. The highest BCUT2D eigenvalue weighted by atomic mass is 15.0. The molecule has 0 unspecified atom stereocenters. The van der Waals surface area contributed by atoms with Crippen molar-refractivity contribution in [1.82, 2.24) is 5.32 Å². The molecule has 0 rings (SSSR count). The molecule has 0 aromatic rings. The first-order valence-corrected chi connectivity index (χ1v) is 3.31. The van der Waals surface area contributed by atoms with Crippen LogP contribution < -0.4 is 11.1 Å². The fourth-order valence-corrected chi connectivity index (χ4v) is 0.428. The Kier molecular flexibility index (Phi) is 4.79. The molecular weight excluding hydrogens is 154 g/mol. The molecular formula is C7H9N5. The van der Waals surface area contributed by atoms with Gasteiger partial charge in [0.15, 0.2) is 5.70 Å². The van der Waals surface area contributed by atoms with Gasteiger partial charge >= 0.3 is 0 Å². The highest BCUT2D eigenvalue weighted by Gasteiger charge is 1.97. The minimum atomic E-state index is -0.139. The van der Waals surface area contributed by atoms with Gasteiger partial charge in [0.25, 0.3) is 0 Å². The summed E-state index contributed by atoms with van der Waals surface area (Å²) >= 11 is 0. The summed E-state index contributed by atoms with van der Waals surface area (Å²) in [4.78, 5) is 3.79. The van der Waals surface area contributed by atoms with Gasteiger partial charge in [-0.1, -0.05) is 0 Å². The van der Waals surface area contributed by atoms with Gasteiger partial charge in [-0.3, -0.25) is 4.99 Å². The molecule has 0 aliphatic rings. The SMILES string of the molecule is CCN=CN/C(C#N)=C(\N)C#N. The van der Waals surface area contributed by atoms with Crippen molar-refractivity contribution in [3.05, 3.63) is 11.4 Å². The summed E-state index contributed by atoms with van der Waals surface area (Å²) in [7, 11) is 0. The third-order valence-electron chi connectivity index (χ3n) is 0.984. The molecule has 0 atom stereocenters. The minimum absolute atomic E-state index is 0.0229.